The van der Waals surface area contributed by atoms with Crippen LogP contribution in [0.5, 0.6) is 0 Å². The molecule has 0 N–H and O–H groups in total. The highest BCUT2D eigenvalue weighted by atomic mass is 15.1. The van der Waals surface area contributed by atoms with E-state index in [1.807, 2.05) is 60.7 Å². The lowest BCUT2D eigenvalue weighted by Crippen LogP contribution is -2.03. The van der Waals surface area contributed by atoms with Crippen LogP contribution in [0.3, 0.4) is 0 Å². The first-order valence-corrected chi connectivity index (χ1v) is 13.0. The van der Waals surface area contributed by atoms with Gasteiger partial charge in [-0.15, -0.1) is 15.3 Å². The van der Waals surface area contributed by atoms with E-state index >= 15 is 0 Å². The van der Waals surface area contributed by atoms with E-state index in [9.17, 15) is 0 Å². The molecule has 8 aromatic rings. The van der Waals surface area contributed by atoms with Gasteiger partial charge < -0.3 is 0 Å². The van der Waals surface area contributed by atoms with Crippen LogP contribution < -0.4 is 0 Å². The molecule has 0 atom stereocenters. The van der Waals surface area contributed by atoms with E-state index in [1.165, 1.54) is 19.0 Å². The Bertz CT molecular complexity index is 2250. The first kappa shape index (κ1) is 23.6. The van der Waals surface area contributed by atoms with Gasteiger partial charge in [-0.3, -0.25) is 9.97 Å². The van der Waals surface area contributed by atoms with E-state index in [2.05, 4.69) is 40.2 Å². The number of rotatable bonds is 4. The molecule has 0 radical (unpaired) electrons. The molecule has 0 aliphatic heterocycles. The van der Waals surface area contributed by atoms with Gasteiger partial charge in [-0.05, 0) is 18.2 Å². The van der Waals surface area contributed by atoms with Crippen LogP contribution in [0.2, 0.25) is 0 Å². The molecule has 0 bridgehead atoms. The van der Waals surface area contributed by atoms with Crippen LogP contribution in [0.25, 0.3) is 77.9 Å². The molecular formula is C31H17N11. The number of fused-ring (bicyclic) bond motifs is 3. The summed E-state index contributed by atoms with van der Waals surface area (Å²) in [5, 5.41) is 21.6. The second-order valence-electron chi connectivity index (χ2n) is 9.41. The minimum absolute atomic E-state index is 0.427. The van der Waals surface area contributed by atoms with Crippen molar-refractivity contribution in [3.63, 3.8) is 0 Å². The fraction of sp³-hybridized carbons (Fsp3) is 0. The third-order valence-electron chi connectivity index (χ3n) is 7.03. The van der Waals surface area contributed by atoms with E-state index in [0.29, 0.717) is 50.6 Å². The summed E-state index contributed by atoms with van der Waals surface area (Å²) in [5.41, 5.74) is 5.91. The average Bonchev–Trinajstić information content (AvgIpc) is 3.07. The smallest absolute Gasteiger partial charge is 0.164 e. The largest absolute Gasteiger partial charge is 0.261 e. The molecule has 5 heterocycles. The monoisotopic (exact) mass is 543 g/mol. The van der Waals surface area contributed by atoms with Gasteiger partial charge in [-0.25, -0.2) is 24.9 Å². The quantitative estimate of drug-likeness (QED) is 0.290. The lowest BCUT2D eigenvalue weighted by atomic mass is 9.90. The molecule has 0 fully saturated rings. The third kappa shape index (κ3) is 3.87. The van der Waals surface area contributed by atoms with Gasteiger partial charge >= 0.3 is 0 Å². The van der Waals surface area contributed by atoms with E-state index in [1.54, 1.807) is 24.8 Å². The molecule has 42 heavy (non-hydrogen) atoms. The van der Waals surface area contributed by atoms with Gasteiger partial charge in [0.05, 0.1) is 34.8 Å². The van der Waals surface area contributed by atoms with Gasteiger partial charge in [0.2, 0.25) is 0 Å². The zero-order valence-corrected chi connectivity index (χ0v) is 21.7. The van der Waals surface area contributed by atoms with E-state index in [-0.39, 0.29) is 0 Å². The maximum absolute atomic E-state index is 4.77. The molecule has 0 spiro atoms. The van der Waals surface area contributed by atoms with Crippen LogP contribution in [0, 0.1) is 0 Å². The van der Waals surface area contributed by atoms with Crippen LogP contribution >= 0.6 is 0 Å². The molecule has 0 saturated heterocycles. The zero-order valence-electron chi connectivity index (χ0n) is 21.7. The van der Waals surface area contributed by atoms with Gasteiger partial charge in [-0.1, -0.05) is 42.5 Å². The molecule has 0 saturated carbocycles. The fourth-order valence-electron chi connectivity index (χ4n) is 5.21. The summed E-state index contributed by atoms with van der Waals surface area (Å²) in [7, 11) is 0. The second-order valence-corrected chi connectivity index (χ2v) is 9.41. The minimum atomic E-state index is 0.427. The predicted octanol–water partition coefficient (Wildman–Crippen LogP) is 5.16. The Morgan fingerprint density at radius 3 is 2.26 bits per heavy atom. The highest BCUT2D eigenvalue weighted by Gasteiger charge is 2.26. The molecular weight excluding hydrogens is 526 g/mol. The summed E-state index contributed by atoms with van der Waals surface area (Å²) >= 11 is 0. The number of nitrogens with zero attached hydrogens (tertiary/aromatic N) is 11. The van der Waals surface area contributed by atoms with E-state index in [0.717, 1.165) is 27.2 Å². The Labute approximate surface area is 237 Å². The van der Waals surface area contributed by atoms with Crippen LogP contribution in [0.4, 0.5) is 0 Å². The lowest BCUT2D eigenvalue weighted by Gasteiger charge is -2.18. The summed E-state index contributed by atoms with van der Waals surface area (Å²) in [6, 6.07) is 19.7. The third-order valence-corrected chi connectivity index (χ3v) is 7.03. The molecule has 11 nitrogen and oxygen atoms in total. The highest BCUT2D eigenvalue weighted by molar-refractivity contribution is 6.13. The van der Waals surface area contributed by atoms with Gasteiger partial charge in [0.1, 0.15) is 30.4 Å². The van der Waals surface area contributed by atoms with E-state index < -0.39 is 0 Å². The first-order valence-electron chi connectivity index (χ1n) is 13.0. The summed E-state index contributed by atoms with van der Waals surface area (Å²) in [5.74, 6) is 0.427. The molecule has 0 amide bonds. The Morgan fingerprint density at radius 1 is 0.524 bits per heavy atom. The number of hydrogen-bond acceptors (Lipinski definition) is 11. The Hall–Kier alpha value is -6.23. The molecule has 11 heteroatoms. The molecule has 0 aliphatic rings. The molecule has 8 rings (SSSR count). The van der Waals surface area contributed by atoms with Gasteiger partial charge in [0.25, 0.3) is 0 Å². The maximum atomic E-state index is 4.77. The Balaban J connectivity index is 1.58. The molecule has 196 valence electrons. The maximum Gasteiger partial charge on any atom is 0.164 e. The summed E-state index contributed by atoms with van der Waals surface area (Å²) < 4.78 is 0. The van der Waals surface area contributed by atoms with Gasteiger partial charge in [-0.2, -0.15) is 5.10 Å². The van der Waals surface area contributed by atoms with Crippen LogP contribution in [0.1, 0.15) is 0 Å². The minimum Gasteiger partial charge on any atom is -0.261 e. The van der Waals surface area contributed by atoms with E-state index in [4.69, 9.17) is 15.1 Å². The number of benzene rings is 3. The normalized spacial score (nSPS) is 11.3. The molecule has 0 aliphatic carbocycles. The number of aromatic nitrogens is 11. The van der Waals surface area contributed by atoms with Gasteiger partial charge in [0, 0.05) is 50.6 Å². The first-order chi connectivity index (χ1) is 20.8. The highest BCUT2D eigenvalue weighted by Crippen LogP contribution is 2.45. The van der Waals surface area contributed by atoms with Crippen molar-refractivity contribution in [2.75, 3.05) is 0 Å². The predicted molar refractivity (Wildman–Crippen MR) is 156 cm³/mol. The standard InChI is InChI=1S/C31H17N11/c1-3-7-20-19(6-1)13-39-42-29(20)30-28-23(35-17-36-30)12-21(25-14-32-9-10-34-25)26(31-37-15-33-16-38-31)27(28)24-11-18-5-2-4-8-22(18)40-41-24/h1-17H. The van der Waals surface area contributed by atoms with Crippen molar-refractivity contribution in [2.24, 2.45) is 0 Å². The zero-order chi connectivity index (χ0) is 27.9. The summed E-state index contributed by atoms with van der Waals surface area (Å²) in [4.78, 5) is 31.6. The Morgan fingerprint density at radius 2 is 1.38 bits per heavy atom. The second kappa shape index (κ2) is 9.75. The average molecular weight is 544 g/mol. The van der Waals surface area contributed by atoms with Crippen molar-refractivity contribution < 1.29 is 0 Å². The molecule has 3 aromatic carbocycles. The SMILES string of the molecule is c1ccc2nnc(-c3c(-c4ncncn4)c(-c4cnccn4)cc4ncnc(-c5nncc6ccccc56)c34)cc2c1. The van der Waals surface area contributed by atoms with Crippen LogP contribution in [-0.2, 0) is 0 Å². The fourth-order valence-corrected chi connectivity index (χ4v) is 5.21. The van der Waals surface area contributed by atoms with Crippen LogP contribution in [0.15, 0.2) is 104 Å². The van der Waals surface area contributed by atoms with Crippen molar-refractivity contribution in [1.29, 1.82) is 0 Å². The Kier molecular flexibility index (Phi) is 5.49. The van der Waals surface area contributed by atoms with Crippen molar-refractivity contribution in [2.45, 2.75) is 0 Å². The van der Waals surface area contributed by atoms with Crippen molar-refractivity contribution in [3.05, 3.63) is 104 Å². The van der Waals surface area contributed by atoms with Crippen LogP contribution in [-0.4, -0.2) is 55.3 Å². The number of hydrogen-bond donors (Lipinski definition) is 0. The lowest BCUT2D eigenvalue weighted by molar-refractivity contribution is 1.04. The summed E-state index contributed by atoms with van der Waals surface area (Å²) in [6.45, 7) is 0. The topological polar surface area (TPSA) is 142 Å². The van der Waals surface area contributed by atoms with Crippen molar-refractivity contribution >= 4 is 32.6 Å². The molecule has 0 unspecified atom stereocenters. The van der Waals surface area contributed by atoms with Crippen molar-refractivity contribution in [3.8, 4) is 45.3 Å². The van der Waals surface area contributed by atoms with Crippen molar-refractivity contribution in [1.82, 2.24) is 55.3 Å². The van der Waals surface area contributed by atoms with Gasteiger partial charge in [0.15, 0.2) is 5.82 Å². The summed E-state index contributed by atoms with van der Waals surface area (Å²) in [6.07, 6.45) is 11.1. The molecule has 5 aromatic heterocycles.